The van der Waals surface area contributed by atoms with Crippen molar-refractivity contribution in [2.24, 2.45) is 5.92 Å². The van der Waals surface area contributed by atoms with Crippen molar-refractivity contribution < 1.29 is 18.6 Å². The number of hydrogen-bond acceptors (Lipinski definition) is 6. The number of fused-ring (bicyclic) bond motifs is 1. The van der Waals surface area contributed by atoms with Crippen LogP contribution in [-0.2, 0) is 0 Å². The van der Waals surface area contributed by atoms with Crippen molar-refractivity contribution >= 4 is 16.6 Å². The first kappa shape index (κ1) is 22.1. The molecule has 2 N–H and O–H groups in total. The van der Waals surface area contributed by atoms with Crippen molar-refractivity contribution in [1.82, 2.24) is 9.88 Å². The monoisotopic (exact) mass is 439 g/mol. The van der Waals surface area contributed by atoms with Crippen molar-refractivity contribution in [1.29, 1.82) is 0 Å². The minimum atomic E-state index is -0.523. The second-order valence-corrected chi connectivity index (χ2v) is 8.35. The molecule has 32 heavy (non-hydrogen) atoms. The molecule has 0 bridgehead atoms. The number of aromatic nitrogens is 1. The smallest absolute Gasteiger partial charge is 0.167 e. The van der Waals surface area contributed by atoms with Gasteiger partial charge in [-0.3, -0.25) is 4.98 Å². The molecule has 3 aromatic rings. The number of likely N-dealkylation sites (tertiary alicyclic amines) is 1. The summed E-state index contributed by atoms with van der Waals surface area (Å²) in [7, 11) is 1.60. The third kappa shape index (κ3) is 5.22. The van der Waals surface area contributed by atoms with E-state index in [1.54, 1.807) is 25.4 Å². The normalized spacial score (nSPS) is 15.1. The predicted molar refractivity (Wildman–Crippen MR) is 124 cm³/mol. The van der Waals surface area contributed by atoms with E-state index in [2.05, 4.69) is 16.8 Å². The van der Waals surface area contributed by atoms with E-state index in [0.717, 1.165) is 18.9 Å². The average Bonchev–Trinajstić information content (AvgIpc) is 2.79. The van der Waals surface area contributed by atoms with Gasteiger partial charge in [-0.25, -0.2) is 4.39 Å². The van der Waals surface area contributed by atoms with E-state index in [1.807, 2.05) is 12.1 Å². The summed E-state index contributed by atoms with van der Waals surface area (Å²) >= 11 is 0. The third-order valence-electron chi connectivity index (χ3n) is 5.92. The van der Waals surface area contributed by atoms with E-state index in [-0.39, 0.29) is 5.75 Å². The lowest BCUT2D eigenvalue weighted by Crippen LogP contribution is -2.34. The highest BCUT2D eigenvalue weighted by molar-refractivity contribution is 5.88. The number of methoxy groups -OCH3 is 1. The number of piperidine rings is 1. The van der Waals surface area contributed by atoms with E-state index in [4.69, 9.17) is 19.9 Å². The Labute approximate surface area is 188 Å². The highest BCUT2D eigenvalue weighted by Crippen LogP contribution is 2.37. The Balaban J connectivity index is 1.46. The van der Waals surface area contributed by atoms with Crippen molar-refractivity contribution in [2.45, 2.75) is 26.2 Å². The van der Waals surface area contributed by atoms with Gasteiger partial charge in [-0.15, -0.1) is 0 Å². The topological polar surface area (TPSA) is 69.8 Å². The lowest BCUT2D eigenvalue weighted by Gasteiger charge is -2.30. The largest absolute Gasteiger partial charge is 0.493 e. The number of benzene rings is 2. The highest BCUT2D eigenvalue weighted by atomic mass is 19.1. The fourth-order valence-corrected chi connectivity index (χ4v) is 3.96. The first-order chi connectivity index (χ1) is 15.5. The molecule has 170 valence electrons. The molecule has 2 heterocycles. The Hall–Kier alpha value is -3.06. The minimum Gasteiger partial charge on any atom is -0.493 e. The van der Waals surface area contributed by atoms with Gasteiger partial charge in [-0.05, 0) is 62.5 Å². The molecule has 7 heteroatoms. The quantitative estimate of drug-likeness (QED) is 0.381. The molecule has 0 saturated carbocycles. The van der Waals surface area contributed by atoms with E-state index in [1.165, 1.54) is 38.1 Å². The molecule has 1 saturated heterocycles. The summed E-state index contributed by atoms with van der Waals surface area (Å²) < 4.78 is 31.6. The molecule has 1 aliphatic rings. The number of hydrogen-bond donors (Lipinski definition) is 1. The maximum Gasteiger partial charge on any atom is 0.167 e. The van der Waals surface area contributed by atoms with Gasteiger partial charge in [0.05, 0.1) is 19.2 Å². The summed E-state index contributed by atoms with van der Waals surface area (Å²) in [6, 6.07) is 9.68. The minimum absolute atomic E-state index is 0.0955. The van der Waals surface area contributed by atoms with Crippen molar-refractivity contribution in [3.05, 3.63) is 48.4 Å². The first-order valence-electron chi connectivity index (χ1n) is 11.1. The molecule has 0 spiro atoms. The second kappa shape index (κ2) is 10.0. The number of nitrogens with two attached hydrogens (primary N) is 1. The van der Waals surface area contributed by atoms with Gasteiger partial charge in [-0.2, -0.15) is 0 Å². The van der Waals surface area contributed by atoms with Gasteiger partial charge in [0.25, 0.3) is 0 Å². The lowest BCUT2D eigenvalue weighted by molar-refractivity contribution is 0.176. The number of nitrogens with zero attached hydrogens (tertiary/aromatic N) is 2. The fourth-order valence-electron chi connectivity index (χ4n) is 3.96. The molecular formula is C25H30FN3O3. The van der Waals surface area contributed by atoms with Gasteiger partial charge in [0.1, 0.15) is 5.75 Å². The Morgan fingerprint density at radius 2 is 1.88 bits per heavy atom. The number of ether oxygens (including phenoxy) is 3. The van der Waals surface area contributed by atoms with Gasteiger partial charge < -0.3 is 24.8 Å². The van der Waals surface area contributed by atoms with E-state index >= 15 is 0 Å². The molecule has 0 amide bonds. The first-order valence-corrected chi connectivity index (χ1v) is 11.1. The summed E-state index contributed by atoms with van der Waals surface area (Å²) in [6.45, 7) is 6.29. The molecule has 0 aliphatic carbocycles. The zero-order valence-electron chi connectivity index (χ0n) is 18.6. The molecule has 0 atom stereocenters. The van der Waals surface area contributed by atoms with Crippen molar-refractivity contribution in [2.75, 3.05) is 39.1 Å². The molecule has 0 unspecified atom stereocenters. The van der Waals surface area contributed by atoms with Gasteiger partial charge in [0, 0.05) is 35.9 Å². The molecule has 6 nitrogen and oxygen atoms in total. The Kier molecular flexibility index (Phi) is 6.95. The molecule has 1 fully saturated rings. The summed E-state index contributed by atoms with van der Waals surface area (Å²) in [6.07, 6.45) is 5.12. The number of nitrogen functional groups attached to an aromatic ring is 1. The molecule has 0 radical (unpaired) electrons. The van der Waals surface area contributed by atoms with Crippen LogP contribution < -0.4 is 19.9 Å². The standard InChI is InChI=1S/C25H30FN3O3/c1-17-7-11-29(12-8-17)10-3-13-31-25-16-21-19(15-24(25)30-2)22(6-9-28-21)32-23-5-4-18(27)14-20(23)26/h4-6,9,14-17H,3,7-8,10-13,27H2,1-2H3. The fraction of sp³-hybridized carbons (Fsp3) is 0.400. The Morgan fingerprint density at radius 3 is 2.62 bits per heavy atom. The van der Waals surface area contributed by atoms with Crippen LogP contribution in [0.1, 0.15) is 26.2 Å². The summed E-state index contributed by atoms with van der Waals surface area (Å²) in [5.74, 6) is 2.10. The van der Waals surface area contributed by atoms with Crippen LogP contribution in [0.25, 0.3) is 10.9 Å². The molecule has 1 aromatic heterocycles. The van der Waals surface area contributed by atoms with Crippen molar-refractivity contribution in [3.8, 4) is 23.0 Å². The molecule has 4 rings (SSSR count). The van der Waals surface area contributed by atoms with Crippen LogP contribution in [0.4, 0.5) is 10.1 Å². The molecule has 1 aliphatic heterocycles. The zero-order valence-corrected chi connectivity index (χ0v) is 18.6. The lowest BCUT2D eigenvalue weighted by atomic mass is 9.99. The van der Waals surface area contributed by atoms with Gasteiger partial charge in [-0.1, -0.05) is 6.92 Å². The summed E-state index contributed by atoms with van der Waals surface area (Å²) in [4.78, 5) is 6.93. The summed E-state index contributed by atoms with van der Waals surface area (Å²) in [5.41, 5.74) is 6.65. The number of halogens is 1. The second-order valence-electron chi connectivity index (χ2n) is 8.35. The van der Waals surface area contributed by atoms with Crippen LogP contribution in [0.5, 0.6) is 23.0 Å². The maximum atomic E-state index is 14.2. The van der Waals surface area contributed by atoms with E-state index in [9.17, 15) is 4.39 Å². The van der Waals surface area contributed by atoms with E-state index in [0.29, 0.717) is 40.4 Å². The van der Waals surface area contributed by atoms with Crippen LogP contribution in [0.3, 0.4) is 0 Å². The van der Waals surface area contributed by atoms with Crippen molar-refractivity contribution in [3.63, 3.8) is 0 Å². The zero-order chi connectivity index (χ0) is 22.5. The predicted octanol–water partition coefficient (Wildman–Crippen LogP) is 5.26. The molecular weight excluding hydrogens is 409 g/mol. The number of pyridine rings is 1. The Bertz CT molecular complexity index is 1070. The Morgan fingerprint density at radius 1 is 1.06 bits per heavy atom. The van der Waals surface area contributed by atoms with Gasteiger partial charge in [0.15, 0.2) is 23.1 Å². The molecule has 2 aromatic carbocycles. The van der Waals surface area contributed by atoms with Gasteiger partial charge in [0.2, 0.25) is 0 Å². The van der Waals surface area contributed by atoms with Crippen LogP contribution in [0.2, 0.25) is 0 Å². The maximum absolute atomic E-state index is 14.2. The SMILES string of the molecule is COc1cc2c(Oc3ccc(N)cc3F)ccnc2cc1OCCCN1CCC(C)CC1. The number of anilines is 1. The van der Waals surface area contributed by atoms with Crippen LogP contribution in [-0.4, -0.2) is 43.2 Å². The average molecular weight is 440 g/mol. The van der Waals surface area contributed by atoms with E-state index < -0.39 is 5.82 Å². The number of rotatable bonds is 8. The van der Waals surface area contributed by atoms with Gasteiger partial charge >= 0.3 is 0 Å². The summed E-state index contributed by atoms with van der Waals surface area (Å²) in [5, 5.41) is 0.704. The van der Waals surface area contributed by atoms with Crippen LogP contribution >= 0.6 is 0 Å². The third-order valence-corrected chi connectivity index (χ3v) is 5.92. The van der Waals surface area contributed by atoms with Crippen LogP contribution in [0.15, 0.2) is 42.6 Å². The van der Waals surface area contributed by atoms with Crippen LogP contribution in [0, 0.1) is 11.7 Å². The highest BCUT2D eigenvalue weighted by Gasteiger charge is 2.16.